The summed E-state index contributed by atoms with van der Waals surface area (Å²) in [5, 5.41) is 5.54. The molecule has 0 N–H and O–H groups in total. The molecule has 5 rings (SSSR count). The minimum Gasteiger partial charge on any atom is -0.424 e. The van der Waals surface area contributed by atoms with Gasteiger partial charge in [-0.3, -0.25) is 9.59 Å². The molecule has 0 bridgehead atoms. The van der Waals surface area contributed by atoms with Crippen molar-refractivity contribution in [2.45, 2.75) is 13.8 Å². The first-order valence-corrected chi connectivity index (χ1v) is 11.4. The van der Waals surface area contributed by atoms with Crippen molar-refractivity contribution in [2.75, 3.05) is 31.2 Å². The number of aromatic nitrogens is 2. The van der Waals surface area contributed by atoms with Crippen molar-refractivity contribution in [2.24, 2.45) is 0 Å². The van der Waals surface area contributed by atoms with E-state index < -0.39 is 11.9 Å². The molecule has 1 fully saturated rings. The first-order chi connectivity index (χ1) is 17.0. The molecule has 1 aromatic heterocycles. The van der Waals surface area contributed by atoms with Crippen molar-refractivity contribution in [3.8, 4) is 28.4 Å². The van der Waals surface area contributed by atoms with Crippen LogP contribution in [0, 0.1) is 0 Å². The molecule has 1 aliphatic heterocycles. The second-order valence-corrected chi connectivity index (χ2v) is 8.20. The Bertz CT molecular complexity index is 1380. The summed E-state index contributed by atoms with van der Waals surface area (Å²) < 4.78 is 18.9. The van der Waals surface area contributed by atoms with Gasteiger partial charge in [0.15, 0.2) is 11.5 Å². The van der Waals surface area contributed by atoms with E-state index in [1.807, 2.05) is 60.7 Å². The summed E-state index contributed by atoms with van der Waals surface area (Å²) in [4.78, 5) is 26.5. The Labute approximate surface area is 202 Å². The van der Waals surface area contributed by atoms with E-state index in [0.717, 1.165) is 11.3 Å². The SMILES string of the molecule is CC(=O)Oc1c(N2CCOCC2)cc(OC(C)=O)c2c1c(-c1ccccc1)nn2-c1ccccc1. The summed E-state index contributed by atoms with van der Waals surface area (Å²) in [5.41, 5.74) is 3.43. The first kappa shape index (κ1) is 22.6. The third-order valence-electron chi connectivity index (χ3n) is 5.75. The molecule has 2 heterocycles. The van der Waals surface area contributed by atoms with E-state index in [0.29, 0.717) is 60.1 Å². The van der Waals surface area contributed by atoms with Gasteiger partial charge in [-0.15, -0.1) is 0 Å². The van der Waals surface area contributed by atoms with E-state index in [1.165, 1.54) is 13.8 Å². The van der Waals surface area contributed by atoms with Crippen molar-refractivity contribution in [3.05, 3.63) is 66.7 Å². The molecule has 8 heteroatoms. The molecule has 0 unspecified atom stereocenters. The standard InChI is InChI=1S/C27H25N3O5/c1-18(31)34-23-17-22(29-13-15-33-16-14-29)27(35-19(2)32)24-25(20-9-5-3-6-10-20)28-30(26(23)24)21-11-7-4-8-12-21/h3-12,17H,13-16H2,1-2H3. The molecular formula is C27H25N3O5. The molecule has 3 aromatic carbocycles. The van der Waals surface area contributed by atoms with Gasteiger partial charge < -0.3 is 19.1 Å². The van der Waals surface area contributed by atoms with Crippen molar-refractivity contribution < 1.29 is 23.8 Å². The molecule has 8 nitrogen and oxygen atoms in total. The Balaban J connectivity index is 1.91. The third-order valence-corrected chi connectivity index (χ3v) is 5.75. The fourth-order valence-electron chi connectivity index (χ4n) is 4.32. The Morgan fingerprint density at radius 3 is 2.14 bits per heavy atom. The predicted molar refractivity (Wildman–Crippen MR) is 132 cm³/mol. The van der Waals surface area contributed by atoms with Gasteiger partial charge in [-0.1, -0.05) is 48.5 Å². The molecule has 0 radical (unpaired) electrons. The first-order valence-electron chi connectivity index (χ1n) is 11.4. The highest BCUT2D eigenvalue weighted by atomic mass is 16.5. The van der Waals surface area contributed by atoms with Gasteiger partial charge in [-0.2, -0.15) is 5.10 Å². The highest BCUT2D eigenvalue weighted by Crippen LogP contribution is 2.47. The molecule has 4 aromatic rings. The number of para-hydroxylation sites is 1. The third kappa shape index (κ3) is 4.48. The highest BCUT2D eigenvalue weighted by Gasteiger charge is 2.29. The van der Waals surface area contributed by atoms with Gasteiger partial charge in [-0.05, 0) is 12.1 Å². The van der Waals surface area contributed by atoms with Gasteiger partial charge in [0.05, 0.1) is 30.0 Å². The second-order valence-electron chi connectivity index (χ2n) is 8.20. The quantitative estimate of drug-likeness (QED) is 0.316. The lowest BCUT2D eigenvalue weighted by atomic mass is 10.0. The molecular weight excluding hydrogens is 446 g/mol. The molecule has 178 valence electrons. The van der Waals surface area contributed by atoms with E-state index >= 15 is 0 Å². The summed E-state index contributed by atoms with van der Waals surface area (Å²) >= 11 is 0. The number of carbonyl (C=O) groups is 2. The minimum absolute atomic E-state index is 0.337. The maximum atomic E-state index is 12.3. The van der Waals surface area contributed by atoms with Crippen LogP contribution < -0.4 is 14.4 Å². The fraction of sp³-hybridized carbons (Fsp3) is 0.222. The van der Waals surface area contributed by atoms with E-state index in [2.05, 4.69) is 4.90 Å². The molecule has 1 saturated heterocycles. The van der Waals surface area contributed by atoms with E-state index in [1.54, 1.807) is 10.7 Å². The number of fused-ring (bicyclic) bond motifs is 1. The van der Waals surface area contributed by atoms with Gasteiger partial charge in [0.1, 0.15) is 11.2 Å². The highest BCUT2D eigenvalue weighted by molar-refractivity contribution is 6.07. The summed E-state index contributed by atoms with van der Waals surface area (Å²) in [6, 6.07) is 21.0. The topological polar surface area (TPSA) is 82.9 Å². The maximum absolute atomic E-state index is 12.3. The summed E-state index contributed by atoms with van der Waals surface area (Å²) in [6.07, 6.45) is 0. The Morgan fingerprint density at radius 2 is 1.51 bits per heavy atom. The number of anilines is 1. The predicted octanol–water partition coefficient (Wildman–Crippen LogP) is 4.38. The second kappa shape index (κ2) is 9.60. The van der Waals surface area contributed by atoms with Crippen molar-refractivity contribution >= 4 is 28.5 Å². The molecule has 0 saturated carbocycles. The monoisotopic (exact) mass is 471 g/mol. The maximum Gasteiger partial charge on any atom is 0.308 e. The molecule has 1 aliphatic rings. The number of rotatable bonds is 5. The lowest BCUT2D eigenvalue weighted by molar-refractivity contribution is -0.132. The molecule has 35 heavy (non-hydrogen) atoms. The molecule has 0 atom stereocenters. The average Bonchev–Trinajstić information content (AvgIpc) is 3.28. The minimum atomic E-state index is -0.457. The van der Waals surface area contributed by atoms with Gasteiger partial charge >= 0.3 is 11.9 Å². The van der Waals surface area contributed by atoms with Crippen LogP contribution in [-0.4, -0.2) is 48.0 Å². The number of carbonyl (C=O) groups excluding carboxylic acids is 2. The van der Waals surface area contributed by atoms with Crippen LogP contribution >= 0.6 is 0 Å². The van der Waals surface area contributed by atoms with Crippen LogP contribution in [0.5, 0.6) is 11.5 Å². The van der Waals surface area contributed by atoms with Gasteiger partial charge in [0, 0.05) is 38.6 Å². The number of morpholine rings is 1. The molecule has 0 amide bonds. The van der Waals surface area contributed by atoms with Gasteiger partial charge in [0.25, 0.3) is 0 Å². The van der Waals surface area contributed by atoms with Crippen molar-refractivity contribution in [3.63, 3.8) is 0 Å². The Morgan fingerprint density at radius 1 is 0.886 bits per heavy atom. The van der Waals surface area contributed by atoms with E-state index in [9.17, 15) is 9.59 Å². The normalized spacial score (nSPS) is 13.6. The molecule has 0 spiro atoms. The Hall–Kier alpha value is -4.17. The lowest BCUT2D eigenvalue weighted by Crippen LogP contribution is -2.36. The fourth-order valence-corrected chi connectivity index (χ4v) is 4.32. The van der Waals surface area contributed by atoms with Crippen LogP contribution in [0.3, 0.4) is 0 Å². The van der Waals surface area contributed by atoms with Crippen molar-refractivity contribution in [1.82, 2.24) is 9.78 Å². The smallest absolute Gasteiger partial charge is 0.308 e. The van der Waals surface area contributed by atoms with E-state index in [4.69, 9.17) is 19.3 Å². The number of nitrogens with zero attached hydrogens (tertiary/aromatic N) is 3. The van der Waals surface area contributed by atoms with Crippen LogP contribution in [0.4, 0.5) is 5.69 Å². The lowest BCUT2D eigenvalue weighted by Gasteiger charge is -2.30. The zero-order valence-electron chi connectivity index (χ0n) is 19.6. The van der Waals surface area contributed by atoms with Crippen LogP contribution in [0.1, 0.15) is 13.8 Å². The Kier molecular flexibility index (Phi) is 6.20. The van der Waals surface area contributed by atoms with Crippen LogP contribution in [0.2, 0.25) is 0 Å². The summed E-state index contributed by atoms with van der Waals surface area (Å²) in [7, 11) is 0. The summed E-state index contributed by atoms with van der Waals surface area (Å²) in [5.74, 6) is -0.191. The zero-order chi connectivity index (χ0) is 24.4. The largest absolute Gasteiger partial charge is 0.424 e. The zero-order valence-corrected chi connectivity index (χ0v) is 19.6. The number of hydrogen-bond acceptors (Lipinski definition) is 7. The number of benzene rings is 3. The number of hydrogen-bond donors (Lipinski definition) is 0. The number of esters is 2. The van der Waals surface area contributed by atoms with Gasteiger partial charge in [0.2, 0.25) is 0 Å². The van der Waals surface area contributed by atoms with Crippen LogP contribution in [0.15, 0.2) is 66.7 Å². The van der Waals surface area contributed by atoms with E-state index in [-0.39, 0.29) is 0 Å². The van der Waals surface area contributed by atoms with Gasteiger partial charge in [-0.25, -0.2) is 4.68 Å². The van der Waals surface area contributed by atoms with Crippen LogP contribution in [-0.2, 0) is 14.3 Å². The van der Waals surface area contributed by atoms with Crippen LogP contribution in [0.25, 0.3) is 27.8 Å². The average molecular weight is 472 g/mol. The number of ether oxygens (including phenoxy) is 3. The van der Waals surface area contributed by atoms with Crippen molar-refractivity contribution in [1.29, 1.82) is 0 Å². The summed E-state index contributed by atoms with van der Waals surface area (Å²) in [6.45, 7) is 5.02. The molecule has 0 aliphatic carbocycles.